The van der Waals surface area contributed by atoms with Crippen LogP contribution in [-0.4, -0.2) is 21.7 Å². The molecule has 1 amide bonds. The van der Waals surface area contributed by atoms with Crippen molar-refractivity contribution >= 4 is 27.5 Å². The van der Waals surface area contributed by atoms with Crippen molar-refractivity contribution in [1.29, 1.82) is 0 Å². The van der Waals surface area contributed by atoms with E-state index in [1.54, 1.807) is 17.1 Å². The molecule has 1 aromatic heterocycles. The molecule has 0 saturated heterocycles. The van der Waals surface area contributed by atoms with Crippen molar-refractivity contribution in [2.75, 3.05) is 5.32 Å². The maximum Gasteiger partial charge on any atom is 0.241 e. The standard InChI is InChI=1S/C14H17BrN4O/c1-2-5-12(16)14(20)18-10-8-17-19(9-10)13-7-4-3-6-11(13)15/h3-4,6-9,12H,2,5,16H2,1H3,(H,18,20). The highest BCUT2D eigenvalue weighted by Crippen LogP contribution is 2.21. The van der Waals surface area contributed by atoms with E-state index in [0.29, 0.717) is 12.1 Å². The molecule has 0 bridgehead atoms. The summed E-state index contributed by atoms with van der Waals surface area (Å²) in [7, 11) is 0. The Morgan fingerprint density at radius 2 is 2.25 bits per heavy atom. The second-order valence-corrected chi connectivity index (χ2v) is 5.36. The van der Waals surface area contributed by atoms with Crippen LogP contribution < -0.4 is 11.1 Å². The third kappa shape index (κ3) is 3.46. The Hall–Kier alpha value is -1.66. The van der Waals surface area contributed by atoms with Crippen LogP contribution in [0.25, 0.3) is 5.69 Å². The average molecular weight is 337 g/mol. The fourth-order valence-corrected chi connectivity index (χ4v) is 2.30. The predicted molar refractivity (Wildman–Crippen MR) is 82.8 cm³/mol. The van der Waals surface area contributed by atoms with Gasteiger partial charge in [-0.1, -0.05) is 25.5 Å². The van der Waals surface area contributed by atoms with Crippen LogP contribution in [0.2, 0.25) is 0 Å². The van der Waals surface area contributed by atoms with Gasteiger partial charge in [0.15, 0.2) is 0 Å². The molecule has 0 saturated carbocycles. The lowest BCUT2D eigenvalue weighted by molar-refractivity contribution is -0.117. The Morgan fingerprint density at radius 1 is 1.50 bits per heavy atom. The maximum absolute atomic E-state index is 11.8. The van der Waals surface area contributed by atoms with Crippen LogP contribution in [0.4, 0.5) is 5.69 Å². The number of hydrogen-bond donors (Lipinski definition) is 2. The molecule has 1 heterocycles. The van der Waals surface area contributed by atoms with Gasteiger partial charge in [-0.25, -0.2) is 4.68 Å². The van der Waals surface area contributed by atoms with E-state index in [1.807, 2.05) is 31.2 Å². The Kier molecular flexibility index (Phi) is 4.92. The summed E-state index contributed by atoms with van der Waals surface area (Å²) in [6.07, 6.45) is 4.92. The zero-order chi connectivity index (χ0) is 14.5. The van der Waals surface area contributed by atoms with Crippen molar-refractivity contribution in [1.82, 2.24) is 9.78 Å². The number of carbonyl (C=O) groups is 1. The number of nitrogens with two attached hydrogens (primary N) is 1. The van der Waals surface area contributed by atoms with E-state index in [-0.39, 0.29) is 5.91 Å². The smallest absolute Gasteiger partial charge is 0.241 e. The van der Waals surface area contributed by atoms with Crippen molar-refractivity contribution in [2.24, 2.45) is 5.73 Å². The molecule has 1 aromatic carbocycles. The minimum atomic E-state index is -0.480. The molecule has 2 rings (SSSR count). The number of hydrogen-bond acceptors (Lipinski definition) is 3. The summed E-state index contributed by atoms with van der Waals surface area (Å²) < 4.78 is 2.63. The predicted octanol–water partition coefficient (Wildman–Crippen LogP) is 2.70. The summed E-state index contributed by atoms with van der Waals surface area (Å²) in [6, 6.07) is 7.25. The van der Waals surface area contributed by atoms with Gasteiger partial charge in [0.05, 0.1) is 29.8 Å². The molecule has 106 valence electrons. The maximum atomic E-state index is 11.8. The van der Waals surface area contributed by atoms with E-state index in [4.69, 9.17) is 5.73 Å². The molecular formula is C14H17BrN4O. The number of rotatable bonds is 5. The van der Waals surface area contributed by atoms with Crippen LogP contribution in [0.5, 0.6) is 0 Å². The molecule has 3 N–H and O–H groups in total. The first-order chi connectivity index (χ1) is 9.61. The molecule has 6 heteroatoms. The van der Waals surface area contributed by atoms with E-state index < -0.39 is 6.04 Å². The highest BCUT2D eigenvalue weighted by molar-refractivity contribution is 9.10. The third-order valence-corrected chi connectivity index (χ3v) is 3.56. The normalized spacial score (nSPS) is 12.2. The molecular weight excluding hydrogens is 320 g/mol. The first kappa shape index (κ1) is 14.7. The fraction of sp³-hybridized carbons (Fsp3) is 0.286. The van der Waals surface area contributed by atoms with Gasteiger partial charge in [-0.3, -0.25) is 4.79 Å². The molecule has 0 fully saturated rings. The van der Waals surface area contributed by atoms with Gasteiger partial charge in [-0.05, 0) is 34.5 Å². The summed E-state index contributed by atoms with van der Waals surface area (Å²) in [5, 5.41) is 7.01. The molecule has 0 aliphatic carbocycles. The third-order valence-electron chi connectivity index (χ3n) is 2.89. The summed E-state index contributed by atoms with van der Waals surface area (Å²) in [5.74, 6) is -0.182. The van der Waals surface area contributed by atoms with Gasteiger partial charge in [0.1, 0.15) is 0 Å². The van der Waals surface area contributed by atoms with Crippen LogP contribution in [0, 0.1) is 0 Å². The quantitative estimate of drug-likeness (QED) is 0.881. The summed E-state index contributed by atoms with van der Waals surface area (Å²) in [5.41, 5.74) is 7.32. The van der Waals surface area contributed by atoms with Crippen LogP contribution >= 0.6 is 15.9 Å². The zero-order valence-electron chi connectivity index (χ0n) is 11.2. The topological polar surface area (TPSA) is 72.9 Å². The van der Waals surface area contributed by atoms with E-state index in [2.05, 4.69) is 26.3 Å². The number of halogens is 1. The molecule has 1 atom stereocenters. The molecule has 0 radical (unpaired) electrons. The zero-order valence-corrected chi connectivity index (χ0v) is 12.8. The van der Waals surface area contributed by atoms with E-state index in [9.17, 15) is 4.79 Å². The van der Waals surface area contributed by atoms with Crippen LogP contribution in [0.1, 0.15) is 19.8 Å². The molecule has 0 aliphatic rings. The molecule has 20 heavy (non-hydrogen) atoms. The lowest BCUT2D eigenvalue weighted by atomic mass is 10.2. The van der Waals surface area contributed by atoms with E-state index in [1.165, 1.54) is 0 Å². The Morgan fingerprint density at radius 3 is 2.95 bits per heavy atom. The van der Waals surface area contributed by atoms with Gasteiger partial charge >= 0.3 is 0 Å². The molecule has 0 aliphatic heterocycles. The van der Waals surface area contributed by atoms with Gasteiger partial charge in [-0.15, -0.1) is 0 Å². The Labute approximate surface area is 126 Å². The number of para-hydroxylation sites is 1. The molecule has 0 spiro atoms. The monoisotopic (exact) mass is 336 g/mol. The number of nitrogens with zero attached hydrogens (tertiary/aromatic N) is 2. The molecule has 1 unspecified atom stereocenters. The number of nitrogens with one attached hydrogen (secondary N) is 1. The SMILES string of the molecule is CCCC(N)C(=O)Nc1cnn(-c2ccccc2Br)c1. The first-order valence-corrected chi connectivity index (χ1v) is 7.27. The number of carbonyl (C=O) groups excluding carboxylic acids is 1. The summed E-state index contributed by atoms with van der Waals surface area (Å²) in [6.45, 7) is 2.00. The van der Waals surface area contributed by atoms with Crippen molar-refractivity contribution in [3.8, 4) is 5.69 Å². The van der Waals surface area contributed by atoms with Gasteiger partial charge in [-0.2, -0.15) is 5.10 Å². The molecule has 5 nitrogen and oxygen atoms in total. The Bertz CT molecular complexity index is 596. The second-order valence-electron chi connectivity index (χ2n) is 4.51. The number of anilines is 1. The average Bonchev–Trinajstić information content (AvgIpc) is 2.87. The number of amides is 1. The van der Waals surface area contributed by atoms with E-state index in [0.717, 1.165) is 16.6 Å². The highest BCUT2D eigenvalue weighted by Gasteiger charge is 2.13. The number of benzene rings is 1. The first-order valence-electron chi connectivity index (χ1n) is 6.48. The van der Waals surface area contributed by atoms with Gasteiger partial charge in [0.2, 0.25) is 5.91 Å². The highest BCUT2D eigenvalue weighted by atomic mass is 79.9. The fourth-order valence-electron chi connectivity index (χ4n) is 1.83. The second kappa shape index (κ2) is 6.67. The Balaban J connectivity index is 2.10. The summed E-state index contributed by atoms with van der Waals surface area (Å²) >= 11 is 3.47. The van der Waals surface area contributed by atoms with Gasteiger partial charge in [0, 0.05) is 4.47 Å². The van der Waals surface area contributed by atoms with Crippen molar-refractivity contribution in [2.45, 2.75) is 25.8 Å². The lowest BCUT2D eigenvalue weighted by Crippen LogP contribution is -2.35. The number of aromatic nitrogens is 2. The van der Waals surface area contributed by atoms with Gasteiger partial charge < -0.3 is 11.1 Å². The van der Waals surface area contributed by atoms with Crippen molar-refractivity contribution in [3.63, 3.8) is 0 Å². The van der Waals surface area contributed by atoms with Crippen molar-refractivity contribution < 1.29 is 4.79 Å². The lowest BCUT2D eigenvalue weighted by Gasteiger charge is -2.09. The molecule has 2 aromatic rings. The largest absolute Gasteiger partial charge is 0.322 e. The van der Waals surface area contributed by atoms with Crippen molar-refractivity contribution in [3.05, 3.63) is 41.1 Å². The minimum absolute atomic E-state index is 0.182. The van der Waals surface area contributed by atoms with Crippen LogP contribution in [0.3, 0.4) is 0 Å². The summed E-state index contributed by atoms with van der Waals surface area (Å²) in [4.78, 5) is 11.8. The van der Waals surface area contributed by atoms with Crippen LogP contribution in [0.15, 0.2) is 41.1 Å². The van der Waals surface area contributed by atoms with Crippen LogP contribution in [-0.2, 0) is 4.79 Å². The minimum Gasteiger partial charge on any atom is -0.322 e. The van der Waals surface area contributed by atoms with Gasteiger partial charge in [0.25, 0.3) is 0 Å². The van der Waals surface area contributed by atoms with E-state index >= 15 is 0 Å².